The number of nitrogens with zero attached hydrogens (tertiary/aromatic N) is 2. The molecule has 0 radical (unpaired) electrons. The number of nitrogens with one attached hydrogen (secondary N) is 1. The molecule has 1 amide bonds. The molecule has 2 aliphatic heterocycles. The van der Waals surface area contributed by atoms with Crippen LogP contribution in [-0.4, -0.2) is 52.2 Å². The summed E-state index contributed by atoms with van der Waals surface area (Å²) < 4.78 is 5.42. The van der Waals surface area contributed by atoms with Crippen LogP contribution in [0.2, 0.25) is 0 Å². The van der Waals surface area contributed by atoms with Crippen molar-refractivity contribution in [2.75, 3.05) is 31.6 Å². The molecule has 4 rings (SSSR count). The van der Waals surface area contributed by atoms with Crippen molar-refractivity contribution >= 4 is 22.9 Å². The molecule has 3 N–H and O–H groups in total. The lowest BCUT2D eigenvalue weighted by atomic mass is 9.90. The summed E-state index contributed by atoms with van der Waals surface area (Å²) in [5.74, 6) is 0.0425. The van der Waals surface area contributed by atoms with Crippen molar-refractivity contribution in [3.05, 3.63) is 40.4 Å². The van der Waals surface area contributed by atoms with Crippen molar-refractivity contribution in [1.82, 2.24) is 9.88 Å². The number of aliphatic hydroxyl groups excluding tert-OH is 1. The average Bonchev–Trinajstić information content (AvgIpc) is 3.19. The Morgan fingerprint density at radius 1 is 1.34 bits per heavy atom. The highest BCUT2D eigenvalue weighted by Crippen LogP contribution is 2.38. The second kappa shape index (κ2) is 8.39. The maximum atomic E-state index is 11.5. The maximum Gasteiger partial charge on any atom is 0.273 e. The summed E-state index contributed by atoms with van der Waals surface area (Å²) in [6.45, 7) is 4.41. The average molecular weight is 418 g/mol. The predicted molar refractivity (Wildman–Crippen MR) is 111 cm³/mol. The summed E-state index contributed by atoms with van der Waals surface area (Å²) in [5.41, 5.74) is 1.91. The van der Waals surface area contributed by atoms with Crippen molar-refractivity contribution < 1.29 is 19.7 Å². The highest BCUT2D eigenvalue weighted by molar-refractivity contribution is 7.13. The number of aliphatic hydroxyl groups is 2. The van der Waals surface area contributed by atoms with Crippen LogP contribution in [0.3, 0.4) is 0 Å². The second-order valence-corrected chi connectivity index (χ2v) is 8.73. The van der Waals surface area contributed by atoms with Crippen LogP contribution in [0.1, 0.15) is 48.3 Å². The molecule has 2 aliphatic rings. The number of hydrogen-bond acceptors (Lipinski definition) is 7. The molecule has 0 saturated carbocycles. The molecule has 156 valence electrons. The first kappa shape index (κ1) is 20.3. The third-order valence-corrected chi connectivity index (χ3v) is 6.84. The van der Waals surface area contributed by atoms with E-state index in [0.29, 0.717) is 57.1 Å². The standard InChI is InChI=1S/C21H27N3O4S/c1-2-28-20-22-12-18(29-20)21(27)7-9-24(10-8-21)13-17(25)15-3-5-16-14(11-15)4-6-19(26)23-16/h3,5,11-12,17,25,27H,2,4,6-10,13H2,1H3,(H,23,26). The fourth-order valence-electron chi connectivity index (χ4n) is 3.98. The number of anilines is 1. The van der Waals surface area contributed by atoms with Gasteiger partial charge in [0.2, 0.25) is 5.91 Å². The number of benzene rings is 1. The largest absolute Gasteiger partial charge is 0.470 e. The van der Waals surface area contributed by atoms with Crippen LogP contribution in [0.4, 0.5) is 5.69 Å². The van der Waals surface area contributed by atoms with Gasteiger partial charge in [-0.3, -0.25) is 4.79 Å². The lowest BCUT2D eigenvalue weighted by molar-refractivity contribution is -0.116. The number of amides is 1. The van der Waals surface area contributed by atoms with Gasteiger partial charge in [0.1, 0.15) is 5.60 Å². The van der Waals surface area contributed by atoms with E-state index < -0.39 is 11.7 Å². The number of thiazole rings is 1. The van der Waals surface area contributed by atoms with Crippen molar-refractivity contribution in [3.63, 3.8) is 0 Å². The van der Waals surface area contributed by atoms with Gasteiger partial charge in [0.05, 0.1) is 17.6 Å². The number of fused-ring (bicyclic) bond motifs is 1. The molecular weight excluding hydrogens is 390 g/mol. The minimum atomic E-state index is -0.876. The molecule has 3 heterocycles. The number of carbonyl (C=O) groups is 1. The minimum Gasteiger partial charge on any atom is -0.470 e. The number of carbonyl (C=O) groups excluding carboxylic acids is 1. The summed E-state index contributed by atoms with van der Waals surface area (Å²) in [6, 6.07) is 5.74. The topological polar surface area (TPSA) is 94.9 Å². The molecule has 8 heteroatoms. The molecule has 1 atom stereocenters. The van der Waals surface area contributed by atoms with Crippen LogP contribution in [0.5, 0.6) is 5.19 Å². The van der Waals surface area contributed by atoms with E-state index in [4.69, 9.17) is 4.74 Å². The molecule has 7 nitrogen and oxygen atoms in total. The lowest BCUT2D eigenvalue weighted by Gasteiger charge is -2.38. The Morgan fingerprint density at radius 2 is 2.14 bits per heavy atom. The molecule has 29 heavy (non-hydrogen) atoms. The summed E-state index contributed by atoms with van der Waals surface area (Å²) in [6.07, 6.45) is 3.51. The number of β-amino-alcohol motifs (C(OH)–C–C–N with tert-alkyl or cyclic N) is 1. The highest BCUT2D eigenvalue weighted by atomic mass is 32.1. The molecule has 1 aromatic carbocycles. The quantitative estimate of drug-likeness (QED) is 0.668. The van der Waals surface area contributed by atoms with Gasteiger partial charge in [0.25, 0.3) is 5.19 Å². The monoisotopic (exact) mass is 417 g/mol. The molecule has 2 aromatic rings. The number of rotatable bonds is 6. The first-order valence-electron chi connectivity index (χ1n) is 10.1. The van der Waals surface area contributed by atoms with Gasteiger partial charge in [0, 0.05) is 37.9 Å². The van der Waals surface area contributed by atoms with Crippen molar-refractivity contribution in [1.29, 1.82) is 0 Å². The van der Waals surface area contributed by atoms with E-state index in [0.717, 1.165) is 21.7 Å². The smallest absolute Gasteiger partial charge is 0.273 e. The van der Waals surface area contributed by atoms with Gasteiger partial charge >= 0.3 is 0 Å². The number of ether oxygens (including phenoxy) is 1. The van der Waals surface area contributed by atoms with Crippen molar-refractivity contribution in [3.8, 4) is 5.19 Å². The van der Waals surface area contributed by atoms with E-state index >= 15 is 0 Å². The van der Waals surface area contributed by atoms with Gasteiger partial charge in [0.15, 0.2) is 0 Å². The van der Waals surface area contributed by atoms with E-state index in [1.54, 1.807) is 6.20 Å². The van der Waals surface area contributed by atoms with Gasteiger partial charge in [-0.05, 0) is 43.4 Å². The first-order chi connectivity index (χ1) is 14.0. The fourth-order valence-corrected chi connectivity index (χ4v) is 4.95. The van der Waals surface area contributed by atoms with Crippen LogP contribution >= 0.6 is 11.3 Å². The zero-order chi connectivity index (χ0) is 20.4. The van der Waals surface area contributed by atoms with Gasteiger partial charge < -0.3 is 25.2 Å². The Morgan fingerprint density at radius 3 is 2.90 bits per heavy atom. The summed E-state index contributed by atoms with van der Waals surface area (Å²) in [7, 11) is 0. The summed E-state index contributed by atoms with van der Waals surface area (Å²) in [4.78, 5) is 18.8. The molecule has 1 aromatic heterocycles. The molecule has 0 aliphatic carbocycles. The van der Waals surface area contributed by atoms with Gasteiger partial charge in [-0.2, -0.15) is 0 Å². The number of hydrogen-bond donors (Lipinski definition) is 3. The van der Waals surface area contributed by atoms with E-state index in [1.165, 1.54) is 11.3 Å². The molecule has 1 saturated heterocycles. The zero-order valence-electron chi connectivity index (χ0n) is 16.6. The number of piperidine rings is 1. The second-order valence-electron chi connectivity index (χ2n) is 7.74. The lowest BCUT2D eigenvalue weighted by Crippen LogP contribution is -2.43. The van der Waals surface area contributed by atoms with Crippen molar-refractivity contribution in [2.45, 2.75) is 44.3 Å². The molecule has 0 bridgehead atoms. The van der Waals surface area contributed by atoms with Crippen molar-refractivity contribution in [2.24, 2.45) is 0 Å². The minimum absolute atomic E-state index is 0.0425. The van der Waals surface area contributed by atoms with Crippen LogP contribution in [0.25, 0.3) is 0 Å². The van der Waals surface area contributed by atoms with E-state index in [1.807, 2.05) is 25.1 Å². The predicted octanol–water partition coefficient (Wildman–Crippen LogP) is 2.44. The normalized spacial score (nSPS) is 20.0. The molecule has 1 unspecified atom stereocenters. The van der Waals surface area contributed by atoms with Crippen LogP contribution < -0.4 is 10.1 Å². The first-order valence-corrected chi connectivity index (χ1v) is 10.9. The van der Waals surface area contributed by atoms with Gasteiger partial charge in [-0.1, -0.05) is 23.5 Å². The molecule has 1 fully saturated rings. The number of aromatic nitrogens is 1. The van der Waals surface area contributed by atoms with E-state index in [-0.39, 0.29) is 5.91 Å². The Hall–Kier alpha value is -2.00. The van der Waals surface area contributed by atoms with Crippen LogP contribution in [0.15, 0.2) is 24.4 Å². The maximum absolute atomic E-state index is 11.5. The van der Waals surface area contributed by atoms with Crippen LogP contribution in [0, 0.1) is 0 Å². The molecular formula is C21H27N3O4S. The highest BCUT2D eigenvalue weighted by Gasteiger charge is 2.36. The SMILES string of the molecule is CCOc1ncc(C2(O)CCN(CC(O)c3ccc4c(c3)CCC(=O)N4)CC2)s1. The Bertz CT molecular complexity index is 877. The van der Waals surface area contributed by atoms with Gasteiger partial charge in [-0.15, -0.1) is 0 Å². The Balaban J connectivity index is 1.35. The summed E-state index contributed by atoms with van der Waals surface area (Å²) >= 11 is 1.41. The van der Waals surface area contributed by atoms with E-state index in [2.05, 4.69) is 15.2 Å². The zero-order valence-corrected chi connectivity index (χ0v) is 17.4. The summed E-state index contributed by atoms with van der Waals surface area (Å²) in [5, 5.41) is 25.2. The van der Waals surface area contributed by atoms with Gasteiger partial charge in [-0.25, -0.2) is 4.98 Å². The Kier molecular flexibility index (Phi) is 5.87. The number of likely N-dealkylation sites (tertiary alicyclic amines) is 1. The van der Waals surface area contributed by atoms with Crippen LogP contribution in [-0.2, 0) is 16.8 Å². The van der Waals surface area contributed by atoms with E-state index in [9.17, 15) is 15.0 Å². The fraction of sp³-hybridized carbons (Fsp3) is 0.524. The molecule has 0 spiro atoms. The third-order valence-electron chi connectivity index (χ3n) is 5.73. The Labute approximate surface area is 174 Å². The third kappa shape index (κ3) is 4.45. The number of aryl methyl sites for hydroxylation is 1.